The molecule has 246 valence electrons. The molecule has 2 heterocycles. The van der Waals surface area contributed by atoms with Crippen molar-refractivity contribution in [3.63, 3.8) is 0 Å². The Labute approximate surface area is 305 Å². The lowest BCUT2D eigenvalue weighted by molar-refractivity contribution is 0.669. The molecule has 0 spiro atoms. The molecule has 11 aromatic rings. The molecule has 0 N–H and O–H groups in total. The Morgan fingerprint density at radius 1 is 0.377 bits per heavy atom. The van der Waals surface area contributed by atoms with Crippen molar-refractivity contribution in [2.24, 2.45) is 0 Å². The van der Waals surface area contributed by atoms with E-state index in [9.17, 15) is 0 Å². The van der Waals surface area contributed by atoms with Crippen molar-refractivity contribution < 1.29 is 4.42 Å². The smallest absolute Gasteiger partial charge is 0.137 e. The fourth-order valence-corrected chi connectivity index (χ4v) is 8.82. The molecule has 0 atom stereocenters. The summed E-state index contributed by atoms with van der Waals surface area (Å²) in [5.41, 5.74) is 14.0. The molecule has 0 saturated heterocycles. The maximum absolute atomic E-state index is 6.32. The number of fused-ring (bicyclic) bond motifs is 12. The summed E-state index contributed by atoms with van der Waals surface area (Å²) < 4.78 is 8.72. The fourth-order valence-electron chi connectivity index (χ4n) is 8.82. The Morgan fingerprint density at radius 3 is 1.66 bits per heavy atom. The van der Waals surface area contributed by atoms with Gasteiger partial charge in [-0.1, -0.05) is 91.0 Å². The van der Waals surface area contributed by atoms with Gasteiger partial charge in [0.1, 0.15) is 11.2 Å². The van der Waals surface area contributed by atoms with Gasteiger partial charge in [-0.25, -0.2) is 0 Å². The normalized spacial score (nSPS) is 12.2. The minimum atomic E-state index is 0.886. The zero-order valence-corrected chi connectivity index (χ0v) is 28.6. The van der Waals surface area contributed by atoms with E-state index in [1.54, 1.807) is 0 Å². The van der Waals surface area contributed by atoms with Gasteiger partial charge in [-0.3, -0.25) is 0 Å². The zero-order chi connectivity index (χ0) is 34.6. The Kier molecular flexibility index (Phi) is 5.77. The number of hydrogen-bond acceptors (Lipinski definition) is 2. The van der Waals surface area contributed by atoms with Gasteiger partial charge in [-0.15, -0.1) is 0 Å². The van der Waals surface area contributed by atoms with E-state index in [2.05, 4.69) is 179 Å². The topological polar surface area (TPSA) is 21.3 Å². The Hall–Kier alpha value is -7.10. The summed E-state index contributed by atoms with van der Waals surface area (Å²) in [6, 6.07) is 66.0. The van der Waals surface area contributed by atoms with E-state index in [4.69, 9.17) is 4.42 Å². The average molecular weight is 675 g/mol. The Balaban J connectivity index is 0.997. The maximum Gasteiger partial charge on any atom is 0.137 e. The molecule has 9 aromatic carbocycles. The second-order valence-corrected chi connectivity index (χ2v) is 14.1. The molecule has 1 aliphatic rings. The monoisotopic (exact) mass is 674 g/mol. The summed E-state index contributed by atoms with van der Waals surface area (Å²) >= 11 is 0. The van der Waals surface area contributed by atoms with E-state index < -0.39 is 0 Å². The minimum absolute atomic E-state index is 0.886. The van der Waals surface area contributed by atoms with Gasteiger partial charge in [0.05, 0.1) is 22.1 Å². The van der Waals surface area contributed by atoms with Crippen LogP contribution in [0.15, 0.2) is 186 Å². The van der Waals surface area contributed by atoms with Crippen LogP contribution in [0.25, 0.3) is 93.2 Å². The van der Waals surface area contributed by atoms with Crippen LogP contribution in [-0.4, -0.2) is 4.57 Å². The maximum atomic E-state index is 6.32. The van der Waals surface area contributed by atoms with Crippen molar-refractivity contribution in [1.29, 1.82) is 0 Å². The highest BCUT2D eigenvalue weighted by Gasteiger charge is 2.25. The number of nitrogens with zero attached hydrogens (tertiary/aromatic N) is 2. The number of para-hydroxylation sites is 4. The minimum Gasteiger partial charge on any atom is -0.456 e. The van der Waals surface area contributed by atoms with Crippen LogP contribution >= 0.6 is 0 Å². The van der Waals surface area contributed by atoms with Crippen molar-refractivity contribution in [2.75, 3.05) is 4.90 Å². The van der Waals surface area contributed by atoms with Crippen molar-refractivity contribution in [3.8, 4) is 27.9 Å². The molecule has 53 heavy (non-hydrogen) atoms. The van der Waals surface area contributed by atoms with Crippen LogP contribution in [0, 0.1) is 0 Å². The summed E-state index contributed by atoms with van der Waals surface area (Å²) in [5.74, 6) is 0. The number of furan rings is 1. The van der Waals surface area contributed by atoms with Crippen molar-refractivity contribution >= 4 is 82.4 Å². The van der Waals surface area contributed by atoms with E-state index in [1.807, 2.05) is 12.1 Å². The van der Waals surface area contributed by atoms with Gasteiger partial charge in [0, 0.05) is 33.2 Å². The predicted molar refractivity (Wildman–Crippen MR) is 222 cm³/mol. The molecule has 0 unspecified atom stereocenters. The number of rotatable bonds is 4. The molecule has 0 aliphatic heterocycles. The SMILES string of the molecule is c1ccc(N(c2ccc3cc4c(cc3c2)-c2cc3cc(-n5c6ccccc6c6ccccc65)ccc3cc2-4)c2cccc3oc4ccccc4c23)cc1. The average Bonchev–Trinajstić information content (AvgIpc) is 3.76. The highest BCUT2D eigenvalue weighted by atomic mass is 16.3. The van der Waals surface area contributed by atoms with Crippen molar-refractivity contribution in [2.45, 2.75) is 0 Å². The largest absolute Gasteiger partial charge is 0.456 e. The van der Waals surface area contributed by atoms with Gasteiger partial charge < -0.3 is 13.9 Å². The second-order valence-electron chi connectivity index (χ2n) is 14.1. The lowest BCUT2D eigenvalue weighted by Crippen LogP contribution is -2.10. The van der Waals surface area contributed by atoms with E-state index in [-0.39, 0.29) is 0 Å². The summed E-state index contributed by atoms with van der Waals surface area (Å²) in [6.45, 7) is 0. The first kappa shape index (κ1) is 28.6. The first-order valence-electron chi connectivity index (χ1n) is 18.2. The number of hydrogen-bond donors (Lipinski definition) is 0. The summed E-state index contributed by atoms with van der Waals surface area (Å²) in [7, 11) is 0. The fraction of sp³-hybridized carbons (Fsp3) is 0. The van der Waals surface area contributed by atoms with Crippen LogP contribution in [0.3, 0.4) is 0 Å². The number of benzene rings is 9. The molecule has 3 heteroatoms. The van der Waals surface area contributed by atoms with E-state index in [0.717, 1.165) is 39.0 Å². The van der Waals surface area contributed by atoms with Gasteiger partial charge >= 0.3 is 0 Å². The van der Waals surface area contributed by atoms with Crippen LogP contribution in [0.4, 0.5) is 17.1 Å². The van der Waals surface area contributed by atoms with E-state index in [1.165, 1.54) is 71.3 Å². The van der Waals surface area contributed by atoms with Crippen molar-refractivity contribution in [3.05, 3.63) is 182 Å². The van der Waals surface area contributed by atoms with E-state index >= 15 is 0 Å². The van der Waals surface area contributed by atoms with Gasteiger partial charge in [0.2, 0.25) is 0 Å². The molecule has 0 fully saturated rings. The molecule has 3 nitrogen and oxygen atoms in total. The molecule has 12 rings (SSSR count). The Morgan fingerprint density at radius 2 is 0.943 bits per heavy atom. The second kappa shape index (κ2) is 10.7. The predicted octanol–water partition coefficient (Wildman–Crippen LogP) is 14.1. The first-order valence-corrected chi connectivity index (χ1v) is 18.2. The molecule has 2 aromatic heterocycles. The molecule has 0 radical (unpaired) electrons. The number of aromatic nitrogens is 1. The third kappa shape index (κ3) is 4.10. The lowest BCUT2D eigenvalue weighted by atomic mass is 9.78. The molecular formula is C50H30N2O. The molecular weight excluding hydrogens is 645 g/mol. The lowest BCUT2D eigenvalue weighted by Gasteiger charge is -2.28. The highest BCUT2D eigenvalue weighted by molar-refractivity contribution is 6.15. The summed E-state index contributed by atoms with van der Waals surface area (Å²) in [5, 5.41) is 9.75. The molecule has 0 amide bonds. The first-order chi connectivity index (χ1) is 26.3. The quantitative estimate of drug-likeness (QED) is 0.185. The van der Waals surface area contributed by atoms with Gasteiger partial charge in [0.25, 0.3) is 0 Å². The summed E-state index contributed by atoms with van der Waals surface area (Å²) in [4.78, 5) is 2.36. The van der Waals surface area contributed by atoms with Gasteiger partial charge in [-0.05, 0) is 135 Å². The number of anilines is 3. The summed E-state index contributed by atoms with van der Waals surface area (Å²) in [6.07, 6.45) is 0. The highest BCUT2D eigenvalue weighted by Crippen LogP contribution is 2.51. The molecule has 0 saturated carbocycles. The van der Waals surface area contributed by atoms with Crippen LogP contribution in [0.5, 0.6) is 0 Å². The third-order valence-electron chi connectivity index (χ3n) is 11.2. The van der Waals surface area contributed by atoms with Crippen LogP contribution < -0.4 is 4.90 Å². The standard InChI is InChI=1S/C50H30N2O/c1-2-11-35(12-3-1)51(47-18-10-20-49-50(47)40-15-6-9-19-48(40)53-49)36-23-21-31-27-41-42-28-32-22-24-37(26-34(32)30-44(42)43(41)29-33(31)25-36)52-45-16-7-4-13-38(45)39-14-5-8-17-46(39)52/h1-30H. The van der Waals surface area contributed by atoms with Gasteiger partial charge in [-0.2, -0.15) is 0 Å². The van der Waals surface area contributed by atoms with Crippen LogP contribution in [-0.2, 0) is 0 Å². The molecule has 1 aliphatic carbocycles. The van der Waals surface area contributed by atoms with Gasteiger partial charge in [0.15, 0.2) is 0 Å². The van der Waals surface area contributed by atoms with Crippen LogP contribution in [0.1, 0.15) is 0 Å². The zero-order valence-electron chi connectivity index (χ0n) is 28.6. The third-order valence-corrected chi connectivity index (χ3v) is 11.2. The van der Waals surface area contributed by atoms with E-state index in [0.29, 0.717) is 0 Å². The molecule has 0 bridgehead atoms. The van der Waals surface area contributed by atoms with Crippen LogP contribution in [0.2, 0.25) is 0 Å². The Bertz CT molecular complexity index is 3240. The van der Waals surface area contributed by atoms with Crippen molar-refractivity contribution in [1.82, 2.24) is 4.57 Å².